The molecule has 0 spiro atoms. The van der Waals surface area contributed by atoms with Gasteiger partial charge in [0.05, 0.1) is 32.1 Å². The lowest BCUT2D eigenvalue weighted by Crippen LogP contribution is -2.09. The van der Waals surface area contributed by atoms with Gasteiger partial charge >= 0.3 is 11.3 Å². The highest BCUT2D eigenvalue weighted by molar-refractivity contribution is 5.98. The fourth-order valence-electron chi connectivity index (χ4n) is 5.63. The normalized spacial score (nSPS) is 10.4. The molecule has 3 heterocycles. The number of phenolic OH excluding ortho intramolecular Hbond substituents is 2. The smallest absolute Gasteiger partial charge is 0.336 e. The van der Waals surface area contributed by atoms with Crippen molar-refractivity contribution >= 4 is 21.9 Å². The number of nitrogens with zero attached hydrogens (tertiary/aromatic N) is 6. The van der Waals surface area contributed by atoms with Crippen molar-refractivity contribution in [3.8, 4) is 45.3 Å². The molecule has 7 rings (SSSR count). The minimum atomic E-state index is -0.567. The number of aromatic nitrogens is 3. The molecule has 3 N–H and O–H groups in total. The van der Waals surface area contributed by atoms with E-state index in [1.165, 1.54) is 19.5 Å². The fourth-order valence-corrected chi connectivity index (χ4v) is 5.63. The second-order valence-electron chi connectivity index (χ2n) is 11.7. The number of phenols is 2. The summed E-state index contributed by atoms with van der Waals surface area (Å²) in [5.41, 5.74) is 11.0. The average Bonchev–Trinajstić information content (AvgIpc) is 3.72. The number of benzene rings is 4. The van der Waals surface area contributed by atoms with Gasteiger partial charge in [0, 0.05) is 35.4 Å². The third-order valence-electron chi connectivity index (χ3n) is 8.11. The lowest BCUT2D eigenvalue weighted by atomic mass is 10.0. The summed E-state index contributed by atoms with van der Waals surface area (Å²) >= 11 is 0. The summed E-state index contributed by atoms with van der Waals surface area (Å²) in [5, 5.41) is 39.0. The van der Waals surface area contributed by atoms with E-state index in [1.807, 2.05) is 60.7 Å². The number of aromatic hydroxyl groups is 2. The van der Waals surface area contributed by atoms with Crippen LogP contribution in [0, 0.1) is 0 Å². The van der Waals surface area contributed by atoms with Crippen LogP contribution in [-0.4, -0.2) is 57.0 Å². The van der Waals surface area contributed by atoms with E-state index in [-0.39, 0.29) is 60.6 Å². The number of azide groups is 1. The zero-order valence-corrected chi connectivity index (χ0v) is 30.5. The maximum Gasteiger partial charge on any atom is 0.336 e. The third kappa shape index (κ3) is 10.7. The maximum absolute atomic E-state index is 12.2. The van der Waals surface area contributed by atoms with E-state index in [9.17, 15) is 24.2 Å². The molecule has 0 atom stereocenters. The lowest BCUT2D eigenvalue weighted by Gasteiger charge is -2.11. The van der Waals surface area contributed by atoms with Crippen molar-refractivity contribution in [1.29, 1.82) is 0 Å². The van der Waals surface area contributed by atoms with Crippen LogP contribution in [0.25, 0.3) is 54.6 Å². The van der Waals surface area contributed by atoms with Crippen molar-refractivity contribution < 1.29 is 44.1 Å². The number of hydrogen-bond donors (Lipinski definition) is 3. The van der Waals surface area contributed by atoms with E-state index in [4.69, 9.17) is 35.0 Å². The van der Waals surface area contributed by atoms with Crippen molar-refractivity contribution in [3.63, 3.8) is 0 Å². The number of rotatable bonds is 13. The molecule has 3 aromatic heterocycles. The van der Waals surface area contributed by atoms with Crippen LogP contribution in [0.5, 0.6) is 23.0 Å². The highest BCUT2D eigenvalue weighted by Crippen LogP contribution is 2.39. The highest BCUT2D eigenvalue weighted by atomic mass is 19.3. The van der Waals surface area contributed by atoms with Crippen molar-refractivity contribution in [1.82, 2.24) is 15.0 Å². The topological polar surface area (TPSA) is 219 Å². The van der Waals surface area contributed by atoms with E-state index in [0.29, 0.717) is 41.3 Å². The van der Waals surface area contributed by atoms with Gasteiger partial charge < -0.3 is 28.5 Å². The van der Waals surface area contributed by atoms with Gasteiger partial charge in [-0.05, 0) is 64.9 Å². The molecule has 0 fully saturated rings. The minimum Gasteiger partial charge on any atom is -0.502 e. The summed E-state index contributed by atoms with van der Waals surface area (Å²) in [7, 11) is 1.25. The second-order valence-corrected chi connectivity index (χ2v) is 11.7. The zero-order chi connectivity index (χ0) is 41.9. The van der Waals surface area contributed by atoms with Gasteiger partial charge in [0.1, 0.15) is 6.61 Å². The Bertz CT molecular complexity index is 2550. The number of ether oxygens (including phenoxy) is 2. The molecule has 4 aromatic carbocycles. The van der Waals surface area contributed by atoms with E-state index < -0.39 is 11.3 Å². The molecule has 0 aliphatic carbocycles. The van der Waals surface area contributed by atoms with Crippen molar-refractivity contribution in [2.45, 2.75) is 26.8 Å². The zero-order valence-electron chi connectivity index (χ0n) is 31.5. The summed E-state index contributed by atoms with van der Waals surface area (Å²) in [6.45, 7) is 0.453. The fraction of sp³-hybridized carbons (Fsp3) is 0.200. The van der Waals surface area contributed by atoms with Crippen molar-refractivity contribution in [3.05, 3.63) is 140 Å². The molecule has 0 radical (unpaired) electrons. The third-order valence-corrected chi connectivity index (χ3v) is 8.11. The van der Waals surface area contributed by atoms with E-state index in [1.54, 1.807) is 35.1 Å². The number of alkyl halides is 1. The van der Waals surface area contributed by atoms with Gasteiger partial charge in [0.2, 0.25) is 11.5 Å². The predicted molar refractivity (Wildman–Crippen MR) is 209 cm³/mol. The van der Waals surface area contributed by atoms with Gasteiger partial charge in [-0.1, -0.05) is 82.9 Å². The minimum absolute atomic E-state index is 0.0580. The Morgan fingerprint density at radius 2 is 1.32 bits per heavy atom. The Labute approximate surface area is 324 Å². The first kappa shape index (κ1) is 40.9. The Hall–Kier alpha value is -7.23. The molecule has 0 aliphatic rings. The molecule has 0 aliphatic heterocycles. The van der Waals surface area contributed by atoms with Crippen molar-refractivity contribution in [2.24, 2.45) is 5.11 Å². The number of hydrogen-bond acceptors (Lipinski definition) is 12. The van der Waals surface area contributed by atoms with E-state index in [2.05, 4.69) is 20.3 Å². The molecule has 296 valence electrons. The molecule has 0 bridgehead atoms. The van der Waals surface area contributed by atoms with Crippen LogP contribution in [-0.2, 0) is 13.0 Å². The van der Waals surface area contributed by atoms with Crippen LogP contribution in [0.15, 0.2) is 127 Å². The molecule has 0 saturated heterocycles. The molecule has 15 nitrogen and oxygen atoms in total. The SMILES string of the molecule is O=c1cc(-c2ccccc2)c2ccc(OCCn3cc(CCC[18F])nn3)c(O)c2o1.OF.[2H]C.[N-]=[N+]=NCCOc1ccc2c(-c3ccccc3)cc(=O)oc2c1O. The van der Waals surface area contributed by atoms with Crippen LogP contribution in [0.2, 0.25) is 0 Å². The quantitative estimate of drug-likeness (QED) is 0.0333. The van der Waals surface area contributed by atoms with Gasteiger partial charge in [-0.3, -0.25) is 4.39 Å². The number of halogens is 2. The largest absolute Gasteiger partial charge is 0.502 e. The first-order chi connectivity index (χ1) is 28.4. The first-order valence-corrected chi connectivity index (χ1v) is 16.9. The Kier molecular flexibility index (Phi) is 15.1. The molecule has 0 saturated carbocycles. The van der Waals surface area contributed by atoms with Gasteiger partial charge in [-0.2, -0.15) is 0 Å². The molecular weight excluding hydrogens is 745 g/mol. The Morgan fingerprint density at radius 3 is 1.81 bits per heavy atom. The van der Waals surface area contributed by atoms with Crippen LogP contribution in [0.1, 0.15) is 20.9 Å². The molecular formula is C40H38F2N6O9. The maximum atomic E-state index is 12.2. The van der Waals surface area contributed by atoms with Gasteiger partial charge in [0.15, 0.2) is 22.7 Å². The standard InChI is InChI=1S/C22H20FN3O4.C17H13N3O4.CH4.FHO/c23-10-4-7-16-14-26(25-24-16)11-12-29-19-9-8-17-18(15-5-2-1-3-6-15)13-20(27)30-22(17)21(19)28;18-20-19-8-9-23-14-7-6-12-13(11-4-2-1-3-5-11)10-15(21)24-17(12)16(14)22;;1-2/h1-3,5-6,8-9,13-14,28H,4,7,10-12H2;1-7,10,22H,8-9H2;1H4;2H/i23-1;;1D;. The van der Waals surface area contributed by atoms with Crippen LogP contribution < -0.4 is 20.7 Å². The van der Waals surface area contributed by atoms with Crippen LogP contribution in [0.3, 0.4) is 0 Å². The summed E-state index contributed by atoms with van der Waals surface area (Å²) in [6.07, 6.45) is 2.69. The summed E-state index contributed by atoms with van der Waals surface area (Å²) in [5.74, 6) is -0.134. The van der Waals surface area contributed by atoms with Crippen LogP contribution >= 0.6 is 0 Å². The van der Waals surface area contributed by atoms with E-state index in [0.717, 1.165) is 16.8 Å². The van der Waals surface area contributed by atoms with Crippen LogP contribution in [0.4, 0.5) is 8.92 Å². The number of aryl methyl sites for hydroxylation is 1. The second kappa shape index (κ2) is 21.0. The average molecular weight is 785 g/mol. The monoisotopic (exact) mass is 784 g/mol. The van der Waals surface area contributed by atoms with Gasteiger partial charge in [0.25, 0.3) is 0 Å². The lowest BCUT2D eigenvalue weighted by molar-refractivity contribution is -0.0441. The molecule has 7 aromatic rings. The van der Waals surface area contributed by atoms with Gasteiger partial charge in [-0.25, -0.2) is 19.6 Å². The van der Waals surface area contributed by atoms with Gasteiger partial charge in [-0.15, -0.1) is 5.10 Å². The first-order valence-electron chi connectivity index (χ1n) is 17.9. The summed E-state index contributed by atoms with van der Waals surface area (Å²) < 4.78 is 49.5. The summed E-state index contributed by atoms with van der Waals surface area (Å²) in [6, 6.07) is 28.2. The van der Waals surface area contributed by atoms with E-state index >= 15 is 0 Å². The summed E-state index contributed by atoms with van der Waals surface area (Å²) in [4.78, 5) is 26.5. The number of fused-ring (bicyclic) bond motifs is 2. The Morgan fingerprint density at radius 1 is 0.807 bits per heavy atom. The highest BCUT2D eigenvalue weighted by Gasteiger charge is 2.17. The van der Waals surface area contributed by atoms with Crippen molar-refractivity contribution in [2.75, 3.05) is 26.4 Å². The molecule has 0 unspecified atom stereocenters. The predicted octanol–water partition coefficient (Wildman–Crippen LogP) is 8.09. The Balaban J connectivity index is 0.000000241. The molecule has 57 heavy (non-hydrogen) atoms. The molecule has 0 amide bonds. The molecule has 17 heteroatoms.